The first-order chi connectivity index (χ1) is 10.4. The predicted octanol–water partition coefficient (Wildman–Crippen LogP) is 3.83. The Morgan fingerprint density at radius 3 is 2.76 bits per heavy atom. The zero-order valence-corrected chi connectivity index (χ0v) is 12.3. The van der Waals surface area contributed by atoms with E-state index in [1.807, 2.05) is 6.07 Å². The van der Waals surface area contributed by atoms with Crippen LogP contribution in [0.3, 0.4) is 0 Å². The molecule has 0 amide bonds. The maximum atomic E-state index is 5.58. The molecule has 0 saturated carbocycles. The third-order valence-electron chi connectivity index (χ3n) is 4.71. The normalized spacial score (nSPS) is 23.2. The fourth-order valence-corrected chi connectivity index (χ4v) is 3.77. The maximum Gasteiger partial charge on any atom is 0.124 e. The van der Waals surface area contributed by atoms with Crippen LogP contribution in [0.5, 0.6) is 5.75 Å². The van der Waals surface area contributed by atoms with Gasteiger partial charge in [-0.15, -0.1) is 0 Å². The number of hydrogen-bond donors (Lipinski definition) is 1. The van der Waals surface area contributed by atoms with Gasteiger partial charge in [0.05, 0.1) is 24.5 Å². The van der Waals surface area contributed by atoms with Crippen molar-refractivity contribution < 1.29 is 4.74 Å². The van der Waals surface area contributed by atoms with Crippen LogP contribution < -0.4 is 15.0 Å². The average Bonchev–Trinajstić information content (AvgIpc) is 2.99. The molecule has 2 aliphatic heterocycles. The molecule has 1 fully saturated rings. The molecule has 2 heterocycles. The Balaban J connectivity index is 1.79. The first-order valence-corrected chi connectivity index (χ1v) is 7.62. The van der Waals surface area contributed by atoms with Crippen molar-refractivity contribution in [2.75, 3.05) is 23.9 Å². The van der Waals surface area contributed by atoms with E-state index >= 15 is 0 Å². The molecule has 1 N–H and O–H groups in total. The summed E-state index contributed by atoms with van der Waals surface area (Å²) in [4.78, 5) is 2.59. The van der Waals surface area contributed by atoms with E-state index in [2.05, 4.69) is 52.7 Å². The van der Waals surface area contributed by atoms with Crippen LogP contribution in [0.25, 0.3) is 0 Å². The quantitative estimate of drug-likeness (QED) is 0.904. The molecule has 0 spiro atoms. The molecule has 3 heteroatoms. The number of fused-ring (bicyclic) bond motifs is 3. The van der Waals surface area contributed by atoms with Gasteiger partial charge in [0.2, 0.25) is 0 Å². The van der Waals surface area contributed by atoms with Gasteiger partial charge < -0.3 is 15.0 Å². The second kappa shape index (κ2) is 4.99. The maximum absolute atomic E-state index is 5.58. The molecule has 2 aromatic carbocycles. The average molecular weight is 280 g/mol. The summed E-state index contributed by atoms with van der Waals surface area (Å²) in [5, 5.41) is 3.56. The standard InChI is InChI=1S/C18H20N2O/c1-21-18-9-5-2-6-14(18)16-11-10-13-12-19-15-7-3-4-8-17(15)20(13)16/h2-9,13,16,19H,10-12H2,1H3/t13-,16+/m1/s1. The largest absolute Gasteiger partial charge is 0.496 e. The molecule has 21 heavy (non-hydrogen) atoms. The minimum absolute atomic E-state index is 0.411. The van der Waals surface area contributed by atoms with Gasteiger partial charge in [-0.2, -0.15) is 0 Å². The molecule has 2 aromatic rings. The van der Waals surface area contributed by atoms with Crippen LogP contribution >= 0.6 is 0 Å². The van der Waals surface area contributed by atoms with Crippen LogP contribution in [0.15, 0.2) is 48.5 Å². The highest BCUT2D eigenvalue weighted by Gasteiger charge is 2.38. The summed E-state index contributed by atoms with van der Waals surface area (Å²) in [6.07, 6.45) is 2.41. The highest BCUT2D eigenvalue weighted by Crippen LogP contribution is 2.46. The summed E-state index contributed by atoms with van der Waals surface area (Å²) in [5.74, 6) is 0.999. The van der Waals surface area contributed by atoms with Gasteiger partial charge >= 0.3 is 0 Å². The van der Waals surface area contributed by atoms with Gasteiger partial charge in [-0.3, -0.25) is 0 Å². The fourth-order valence-electron chi connectivity index (χ4n) is 3.77. The van der Waals surface area contributed by atoms with Crippen molar-refractivity contribution in [3.8, 4) is 5.75 Å². The van der Waals surface area contributed by atoms with Gasteiger partial charge in [-0.05, 0) is 31.0 Å². The molecule has 2 atom stereocenters. The molecule has 1 saturated heterocycles. The highest BCUT2D eigenvalue weighted by atomic mass is 16.5. The Morgan fingerprint density at radius 2 is 1.86 bits per heavy atom. The van der Waals surface area contributed by atoms with Crippen molar-refractivity contribution in [3.63, 3.8) is 0 Å². The lowest BCUT2D eigenvalue weighted by atomic mass is 10.0. The Hall–Kier alpha value is -2.16. The smallest absolute Gasteiger partial charge is 0.124 e. The topological polar surface area (TPSA) is 24.5 Å². The third kappa shape index (κ3) is 1.96. The Labute approximate surface area is 125 Å². The minimum atomic E-state index is 0.411. The molecule has 3 nitrogen and oxygen atoms in total. The molecule has 0 bridgehead atoms. The fraction of sp³-hybridized carbons (Fsp3) is 0.333. The van der Waals surface area contributed by atoms with Gasteiger partial charge in [0.25, 0.3) is 0 Å². The van der Waals surface area contributed by atoms with Crippen LogP contribution in [0.1, 0.15) is 24.4 Å². The zero-order chi connectivity index (χ0) is 14.2. The zero-order valence-electron chi connectivity index (χ0n) is 12.3. The number of nitrogens with one attached hydrogen (secondary N) is 1. The van der Waals surface area contributed by atoms with E-state index in [0.717, 1.165) is 12.3 Å². The molecule has 0 unspecified atom stereocenters. The Bertz CT molecular complexity index is 655. The second-order valence-electron chi connectivity index (χ2n) is 5.79. The van der Waals surface area contributed by atoms with E-state index < -0.39 is 0 Å². The lowest BCUT2D eigenvalue weighted by molar-refractivity contribution is 0.405. The summed E-state index contributed by atoms with van der Waals surface area (Å²) < 4.78 is 5.58. The van der Waals surface area contributed by atoms with Crippen molar-refractivity contribution in [1.29, 1.82) is 0 Å². The highest BCUT2D eigenvalue weighted by molar-refractivity contribution is 5.74. The second-order valence-corrected chi connectivity index (χ2v) is 5.79. The van der Waals surface area contributed by atoms with Crippen LogP contribution in [0.4, 0.5) is 11.4 Å². The first-order valence-electron chi connectivity index (χ1n) is 7.62. The summed E-state index contributed by atoms with van der Waals surface area (Å²) in [6, 6.07) is 18.0. The third-order valence-corrected chi connectivity index (χ3v) is 4.71. The molecule has 4 rings (SSSR count). The van der Waals surface area contributed by atoms with Crippen molar-refractivity contribution in [2.45, 2.75) is 24.9 Å². The lowest BCUT2D eigenvalue weighted by Crippen LogP contribution is -2.40. The van der Waals surface area contributed by atoms with Crippen LogP contribution in [0.2, 0.25) is 0 Å². The van der Waals surface area contributed by atoms with E-state index in [1.165, 1.54) is 29.8 Å². The number of para-hydroxylation sites is 3. The SMILES string of the molecule is COc1ccccc1[C@@H]1CC[C@@H]2CNc3ccccc3N21. The number of anilines is 2. The van der Waals surface area contributed by atoms with E-state index in [-0.39, 0.29) is 0 Å². The summed E-state index contributed by atoms with van der Waals surface area (Å²) in [5.41, 5.74) is 3.87. The van der Waals surface area contributed by atoms with Crippen molar-refractivity contribution in [1.82, 2.24) is 0 Å². The van der Waals surface area contributed by atoms with E-state index in [0.29, 0.717) is 12.1 Å². The van der Waals surface area contributed by atoms with Crippen LogP contribution in [-0.4, -0.2) is 19.7 Å². The van der Waals surface area contributed by atoms with Gasteiger partial charge in [-0.25, -0.2) is 0 Å². The number of benzene rings is 2. The molecular weight excluding hydrogens is 260 g/mol. The molecular formula is C18H20N2O. The number of nitrogens with zero attached hydrogens (tertiary/aromatic N) is 1. The number of rotatable bonds is 2. The van der Waals surface area contributed by atoms with Crippen LogP contribution in [-0.2, 0) is 0 Å². The number of hydrogen-bond acceptors (Lipinski definition) is 3. The van der Waals surface area contributed by atoms with Gasteiger partial charge in [0, 0.05) is 18.2 Å². The monoisotopic (exact) mass is 280 g/mol. The summed E-state index contributed by atoms with van der Waals surface area (Å²) in [7, 11) is 1.76. The van der Waals surface area contributed by atoms with E-state index in [4.69, 9.17) is 4.74 Å². The van der Waals surface area contributed by atoms with E-state index in [1.54, 1.807) is 7.11 Å². The minimum Gasteiger partial charge on any atom is -0.496 e. The van der Waals surface area contributed by atoms with Crippen molar-refractivity contribution >= 4 is 11.4 Å². The van der Waals surface area contributed by atoms with Crippen molar-refractivity contribution in [2.24, 2.45) is 0 Å². The van der Waals surface area contributed by atoms with E-state index in [9.17, 15) is 0 Å². The Kier molecular flexibility index (Phi) is 2.99. The van der Waals surface area contributed by atoms with Gasteiger partial charge in [-0.1, -0.05) is 30.3 Å². The Morgan fingerprint density at radius 1 is 1.05 bits per heavy atom. The summed E-state index contributed by atoms with van der Waals surface area (Å²) >= 11 is 0. The molecule has 2 aliphatic rings. The predicted molar refractivity (Wildman–Crippen MR) is 86.2 cm³/mol. The van der Waals surface area contributed by atoms with Crippen LogP contribution in [0, 0.1) is 0 Å². The number of methoxy groups -OCH3 is 1. The number of ether oxygens (including phenoxy) is 1. The lowest BCUT2D eigenvalue weighted by Gasteiger charge is -2.38. The molecule has 108 valence electrons. The summed E-state index contributed by atoms with van der Waals surface area (Å²) in [6.45, 7) is 1.03. The van der Waals surface area contributed by atoms with Gasteiger partial charge in [0.15, 0.2) is 0 Å². The molecule has 0 radical (unpaired) electrons. The molecule has 0 aromatic heterocycles. The van der Waals surface area contributed by atoms with Gasteiger partial charge in [0.1, 0.15) is 5.75 Å². The first kappa shape index (κ1) is 12.6. The van der Waals surface area contributed by atoms with Crippen molar-refractivity contribution in [3.05, 3.63) is 54.1 Å². The molecule has 0 aliphatic carbocycles.